The highest BCUT2D eigenvalue weighted by Crippen LogP contribution is 2.29. The summed E-state index contributed by atoms with van der Waals surface area (Å²) in [7, 11) is 3.03. The highest BCUT2D eigenvalue weighted by atomic mass is 16.5. The first kappa shape index (κ1) is 18.2. The summed E-state index contributed by atoms with van der Waals surface area (Å²) in [6, 6.07) is 12.1. The summed E-state index contributed by atoms with van der Waals surface area (Å²) in [4.78, 5) is 24.7. The second-order valence-corrected chi connectivity index (χ2v) is 5.72. The van der Waals surface area contributed by atoms with Gasteiger partial charge in [0.1, 0.15) is 0 Å². The number of benzene rings is 2. The number of aromatic nitrogens is 2. The molecule has 0 spiro atoms. The van der Waals surface area contributed by atoms with Crippen molar-refractivity contribution >= 4 is 28.5 Å². The number of esters is 1. The van der Waals surface area contributed by atoms with Gasteiger partial charge in [-0.05, 0) is 25.1 Å². The van der Waals surface area contributed by atoms with Crippen molar-refractivity contribution in [1.29, 1.82) is 0 Å². The number of hydrogen-bond acceptors (Lipinski definition) is 6. The Labute approximate surface area is 155 Å². The predicted molar refractivity (Wildman–Crippen MR) is 99.1 cm³/mol. The van der Waals surface area contributed by atoms with Crippen molar-refractivity contribution in [3.05, 3.63) is 48.2 Å². The fourth-order valence-corrected chi connectivity index (χ4v) is 2.55. The maximum absolute atomic E-state index is 12.3. The van der Waals surface area contributed by atoms with Gasteiger partial charge in [0.2, 0.25) is 0 Å². The van der Waals surface area contributed by atoms with Crippen molar-refractivity contribution in [3.8, 4) is 11.5 Å². The van der Waals surface area contributed by atoms with Crippen molar-refractivity contribution in [1.82, 2.24) is 10.2 Å². The molecule has 0 fully saturated rings. The van der Waals surface area contributed by atoms with Crippen LogP contribution in [0.1, 0.15) is 17.4 Å². The zero-order chi connectivity index (χ0) is 19.4. The molecule has 0 aliphatic heterocycles. The topological polar surface area (TPSA) is 103 Å². The SMILES string of the molecule is COc1ccc(NC(=O)C(C)OC(=O)c2n[nH]c3ccccc23)cc1OC. The summed E-state index contributed by atoms with van der Waals surface area (Å²) < 4.78 is 15.6. The van der Waals surface area contributed by atoms with Crippen LogP contribution in [0.3, 0.4) is 0 Å². The number of nitrogens with zero attached hydrogens (tertiary/aromatic N) is 1. The fourth-order valence-electron chi connectivity index (χ4n) is 2.55. The lowest BCUT2D eigenvalue weighted by Crippen LogP contribution is -2.30. The van der Waals surface area contributed by atoms with E-state index in [0.29, 0.717) is 28.1 Å². The number of carbonyl (C=O) groups excluding carboxylic acids is 2. The number of para-hydroxylation sites is 1. The first-order chi connectivity index (χ1) is 13.0. The number of fused-ring (bicyclic) bond motifs is 1. The average Bonchev–Trinajstić information content (AvgIpc) is 3.12. The number of aromatic amines is 1. The van der Waals surface area contributed by atoms with Crippen LogP contribution in [-0.2, 0) is 9.53 Å². The van der Waals surface area contributed by atoms with Crippen LogP contribution in [0.25, 0.3) is 10.9 Å². The van der Waals surface area contributed by atoms with Crippen LogP contribution in [0.5, 0.6) is 11.5 Å². The van der Waals surface area contributed by atoms with Crippen LogP contribution in [-0.4, -0.2) is 42.4 Å². The van der Waals surface area contributed by atoms with Gasteiger partial charge in [-0.25, -0.2) is 4.79 Å². The number of nitrogens with one attached hydrogen (secondary N) is 2. The molecule has 8 nitrogen and oxygen atoms in total. The first-order valence-corrected chi connectivity index (χ1v) is 8.20. The van der Waals surface area contributed by atoms with Gasteiger partial charge in [0, 0.05) is 17.1 Å². The van der Waals surface area contributed by atoms with Crippen LogP contribution in [0.2, 0.25) is 0 Å². The van der Waals surface area contributed by atoms with Crippen LogP contribution in [0, 0.1) is 0 Å². The van der Waals surface area contributed by atoms with E-state index in [1.54, 1.807) is 36.4 Å². The summed E-state index contributed by atoms with van der Waals surface area (Å²) in [5.41, 5.74) is 1.34. The molecule has 8 heteroatoms. The average molecular weight is 369 g/mol. The quantitative estimate of drug-likeness (QED) is 0.648. The van der Waals surface area contributed by atoms with Gasteiger partial charge in [-0.2, -0.15) is 5.10 Å². The molecule has 0 bridgehead atoms. The molecule has 1 heterocycles. The van der Waals surface area contributed by atoms with E-state index >= 15 is 0 Å². The van der Waals surface area contributed by atoms with E-state index in [-0.39, 0.29) is 5.69 Å². The second-order valence-electron chi connectivity index (χ2n) is 5.72. The van der Waals surface area contributed by atoms with E-state index in [1.807, 2.05) is 6.07 Å². The van der Waals surface area contributed by atoms with Gasteiger partial charge in [-0.3, -0.25) is 9.89 Å². The largest absolute Gasteiger partial charge is 0.493 e. The lowest BCUT2D eigenvalue weighted by molar-refractivity contribution is -0.123. The molecule has 2 N–H and O–H groups in total. The third-order valence-corrected chi connectivity index (χ3v) is 3.97. The maximum Gasteiger partial charge on any atom is 0.360 e. The maximum atomic E-state index is 12.3. The molecule has 3 rings (SSSR count). The van der Waals surface area contributed by atoms with Crippen molar-refractivity contribution in [2.24, 2.45) is 0 Å². The van der Waals surface area contributed by atoms with Gasteiger partial charge < -0.3 is 19.5 Å². The van der Waals surface area contributed by atoms with Gasteiger partial charge in [-0.1, -0.05) is 18.2 Å². The second kappa shape index (κ2) is 7.77. The van der Waals surface area contributed by atoms with E-state index in [9.17, 15) is 9.59 Å². The highest BCUT2D eigenvalue weighted by Gasteiger charge is 2.22. The van der Waals surface area contributed by atoms with Crippen LogP contribution in [0.4, 0.5) is 5.69 Å². The molecule has 1 unspecified atom stereocenters. The van der Waals surface area contributed by atoms with E-state index in [2.05, 4.69) is 15.5 Å². The third kappa shape index (κ3) is 3.84. The molecular weight excluding hydrogens is 350 g/mol. The van der Waals surface area contributed by atoms with Gasteiger partial charge in [-0.15, -0.1) is 0 Å². The predicted octanol–water partition coefficient (Wildman–Crippen LogP) is 2.76. The number of carbonyl (C=O) groups is 2. The number of hydrogen-bond donors (Lipinski definition) is 2. The Kier molecular flexibility index (Phi) is 5.25. The summed E-state index contributed by atoms with van der Waals surface area (Å²) >= 11 is 0. The molecule has 3 aromatic rings. The van der Waals surface area contributed by atoms with E-state index < -0.39 is 18.0 Å². The summed E-state index contributed by atoms with van der Waals surface area (Å²) in [6.45, 7) is 1.49. The highest BCUT2D eigenvalue weighted by molar-refractivity contribution is 6.03. The molecule has 1 atom stereocenters. The zero-order valence-electron chi connectivity index (χ0n) is 15.1. The van der Waals surface area contributed by atoms with E-state index in [4.69, 9.17) is 14.2 Å². The number of rotatable bonds is 6. The van der Waals surface area contributed by atoms with Crippen LogP contribution < -0.4 is 14.8 Å². The van der Waals surface area contributed by atoms with Gasteiger partial charge >= 0.3 is 5.97 Å². The zero-order valence-corrected chi connectivity index (χ0v) is 15.1. The van der Waals surface area contributed by atoms with Crippen molar-refractivity contribution in [3.63, 3.8) is 0 Å². The van der Waals surface area contributed by atoms with Gasteiger partial charge in [0.25, 0.3) is 5.91 Å². The number of H-pyrrole nitrogens is 1. The normalized spacial score (nSPS) is 11.7. The molecule has 0 aliphatic rings. The molecule has 2 aromatic carbocycles. The van der Waals surface area contributed by atoms with Crippen molar-refractivity contribution in [2.45, 2.75) is 13.0 Å². The Hall–Kier alpha value is -3.55. The Morgan fingerprint density at radius 2 is 1.81 bits per heavy atom. The Morgan fingerprint density at radius 3 is 2.56 bits per heavy atom. The molecule has 1 aromatic heterocycles. The fraction of sp³-hybridized carbons (Fsp3) is 0.211. The Balaban J connectivity index is 1.68. The molecule has 0 saturated heterocycles. The minimum absolute atomic E-state index is 0.136. The lowest BCUT2D eigenvalue weighted by Gasteiger charge is -2.14. The number of amides is 1. The summed E-state index contributed by atoms with van der Waals surface area (Å²) in [5, 5.41) is 10.0. The lowest BCUT2D eigenvalue weighted by atomic mass is 10.2. The summed E-state index contributed by atoms with van der Waals surface area (Å²) in [5.74, 6) is -0.138. The Morgan fingerprint density at radius 1 is 1.07 bits per heavy atom. The van der Waals surface area contributed by atoms with Crippen molar-refractivity contribution in [2.75, 3.05) is 19.5 Å². The van der Waals surface area contributed by atoms with Crippen molar-refractivity contribution < 1.29 is 23.8 Å². The van der Waals surface area contributed by atoms with Crippen LogP contribution in [0.15, 0.2) is 42.5 Å². The third-order valence-electron chi connectivity index (χ3n) is 3.97. The number of ether oxygens (including phenoxy) is 3. The molecule has 0 radical (unpaired) electrons. The minimum Gasteiger partial charge on any atom is -0.493 e. The first-order valence-electron chi connectivity index (χ1n) is 8.20. The van der Waals surface area contributed by atoms with E-state index in [1.165, 1.54) is 21.1 Å². The Bertz CT molecular complexity index is 982. The smallest absolute Gasteiger partial charge is 0.360 e. The minimum atomic E-state index is -1.01. The van der Waals surface area contributed by atoms with Gasteiger partial charge in [0.15, 0.2) is 23.3 Å². The number of methoxy groups -OCH3 is 2. The molecule has 27 heavy (non-hydrogen) atoms. The molecule has 140 valence electrons. The molecule has 0 aliphatic carbocycles. The van der Waals surface area contributed by atoms with E-state index in [0.717, 1.165) is 0 Å². The molecular formula is C19H19N3O5. The summed E-state index contributed by atoms with van der Waals surface area (Å²) in [6.07, 6.45) is -1.01. The number of anilines is 1. The standard InChI is InChI=1S/C19H19N3O5/c1-11(18(23)20-12-8-9-15(25-2)16(10-12)26-3)27-19(24)17-13-6-4-5-7-14(13)21-22-17/h4-11H,1-3H3,(H,20,23)(H,21,22). The monoisotopic (exact) mass is 369 g/mol. The molecule has 1 amide bonds. The molecule has 0 saturated carbocycles. The van der Waals surface area contributed by atoms with Gasteiger partial charge in [0.05, 0.1) is 19.7 Å². The van der Waals surface area contributed by atoms with Crippen LogP contribution >= 0.6 is 0 Å².